The maximum Gasteiger partial charge on any atom is 0.202 e. The second kappa shape index (κ2) is 5.22. The molecule has 0 heterocycles. The van der Waals surface area contributed by atoms with Crippen LogP contribution in [0.4, 0.5) is 0 Å². The average molecular weight is 123 g/mol. The van der Waals surface area contributed by atoms with Gasteiger partial charge < -0.3 is 5.41 Å². The van der Waals surface area contributed by atoms with Crippen molar-refractivity contribution >= 4 is 12.5 Å². The molecule has 0 saturated heterocycles. The lowest BCUT2D eigenvalue weighted by molar-refractivity contribution is 0.525. The van der Waals surface area contributed by atoms with Gasteiger partial charge in [-0.25, -0.2) is 0 Å². The summed E-state index contributed by atoms with van der Waals surface area (Å²) in [6, 6.07) is 0. The molecule has 0 aliphatic rings. The quantitative estimate of drug-likeness (QED) is 0.433. The third-order valence-corrected chi connectivity index (χ3v) is 0.966. The van der Waals surface area contributed by atoms with Gasteiger partial charge in [0.2, 0.25) is 6.29 Å². The van der Waals surface area contributed by atoms with E-state index in [2.05, 4.69) is 12.8 Å². The summed E-state index contributed by atoms with van der Waals surface area (Å²) in [5.74, 6) is -0.208. The highest BCUT2D eigenvalue weighted by Gasteiger charge is 2.02. The number of rotatable bonds is 5. The molecule has 0 spiro atoms. The molecule has 0 bridgehead atoms. The van der Waals surface area contributed by atoms with Gasteiger partial charge >= 0.3 is 0 Å². The molecule has 0 aromatic carbocycles. The van der Waals surface area contributed by atoms with Crippen LogP contribution in [0.15, 0.2) is 12.7 Å². The van der Waals surface area contributed by atoms with Crippen LogP contribution in [-0.2, 0) is 4.79 Å². The Bertz CT molecular complexity index is 99.5. The highest BCUT2D eigenvalue weighted by atomic mass is 16.1. The molecule has 0 saturated carbocycles. The molecule has 0 aliphatic carbocycles. The van der Waals surface area contributed by atoms with Crippen LogP contribution in [0, 0.1) is 11.3 Å². The Morgan fingerprint density at radius 3 is 2.78 bits per heavy atom. The van der Waals surface area contributed by atoms with E-state index in [1.165, 1.54) is 0 Å². The van der Waals surface area contributed by atoms with E-state index in [-0.39, 0.29) is 5.92 Å². The molecule has 0 fully saturated rings. The molecule has 1 unspecified atom stereocenters. The van der Waals surface area contributed by atoms with Gasteiger partial charge in [-0.15, -0.1) is 6.58 Å². The Hall–Kier alpha value is -0.920. The van der Waals surface area contributed by atoms with Crippen molar-refractivity contribution in [3.05, 3.63) is 12.7 Å². The van der Waals surface area contributed by atoms with Crippen LogP contribution in [-0.4, -0.2) is 12.5 Å². The van der Waals surface area contributed by atoms with Gasteiger partial charge in [-0.05, 0) is 6.42 Å². The number of allylic oxidation sites excluding steroid dienone is 1. The summed E-state index contributed by atoms with van der Waals surface area (Å²) in [5.41, 5.74) is 0. The first-order valence-corrected chi connectivity index (χ1v) is 2.73. The van der Waals surface area contributed by atoms with Gasteiger partial charge in [-0.1, -0.05) is 6.08 Å². The van der Waals surface area contributed by atoms with Crippen LogP contribution in [0.25, 0.3) is 0 Å². The Kier molecular flexibility index (Phi) is 4.69. The zero-order valence-electron chi connectivity index (χ0n) is 5.18. The molecule has 1 atom stereocenters. The molecular formula is C7H9NO. The van der Waals surface area contributed by atoms with Gasteiger partial charge in [0, 0.05) is 12.3 Å². The first kappa shape index (κ1) is 8.08. The molecule has 2 radical (unpaired) electrons. The molecule has 1 N–H and O–H groups in total. The van der Waals surface area contributed by atoms with Gasteiger partial charge in [-0.3, -0.25) is 4.79 Å². The third kappa shape index (κ3) is 3.64. The van der Waals surface area contributed by atoms with Crippen LogP contribution in [0.3, 0.4) is 0 Å². The molecule has 0 rings (SSSR count). The minimum atomic E-state index is -0.208. The molecule has 0 aromatic heterocycles. The predicted molar refractivity (Wildman–Crippen MR) is 36.3 cm³/mol. The van der Waals surface area contributed by atoms with Crippen molar-refractivity contribution in [3.63, 3.8) is 0 Å². The van der Waals surface area contributed by atoms with Gasteiger partial charge in [-0.2, -0.15) is 0 Å². The molecule has 0 aromatic rings. The van der Waals surface area contributed by atoms with Crippen molar-refractivity contribution in [2.75, 3.05) is 0 Å². The smallest absolute Gasteiger partial charge is 0.202 e. The molecule has 2 nitrogen and oxygen atoms in total. The molecule has 9 heavy (non-hydrogen) atoms. The summed E-state index contributed by atoms with van der Waals surface area (Å²) in [6.45, 7) is 3.46. The largest absolute Gasteiger partial charge is 0.303 e. The fourth-order valence-corrected chi connectivity index (χ4v) is 0.497. The van der Waals surface area contributed by atoms with Crippen LogP contribution in [0.1, 0.15) is 12.8 Å². The van der Waals surface area contributed by atoms with Crippen LogP contribution >= 0.6 is 0 Å². The SMILES string of the molecule is C=CCC([C]=O)C[C]=N. The molecule has 48 valence electrons. The lowest BCUT2D eigenvalue weighted by Gasteiger charge is -1.97. The van der Waals surface area contributed by atoms with Crippen molar-refractivity contribution in [3.8, 4) is 0 Å². The minimum Gasteiger partial charge on any atom is -0.303 e. The van der Waals surface area contributed by atoms with Crippen molar-refractivity contribution in [2.45, 2.75) is 12.8 Å². The fraction of sp³-hybridized carbons (Fsp3) is 0.429. The molecule has 0 amide bonds. The zero-order chi connectivity index (χ0) is 7.11. The third-order valence-electron chi connectivity index (χ3n) is 0.966. The summed E-state index contributed by atoms with van der Waals surface area (Å²) >= 11 is 0. The topological polar surface area (TPSA) is 40.9 Å². The number of hydrogen-bond donors (Lipinski definition) is 1. The minimum absolute atomic E-state index is 0.208. The molecule has 2 heteroatoms. The van der Waals surface area contributed by atoms with E-state index in [1.807, 2.05) is 0 Å². The monoisotopic (exact) mass is 123 g/mol. The van der Waals surface area contributed by atoms with Gasteiger partial charge in [0.1, 0.15) is 0 Å². The number of carbonyl (C=O) groups excluding carboxylic acids is 1. The Labute approximate surface area is 55.1 Å². The Morgan fingerprint density at radius 2 is 2.44 bits per heavy atom. The summed E-state index contributed by atoms with van der Waals surface area (Å²) in [6.07, 6.45) is 6.54. The molecular weight excluding hydrogens is 114 g/mol. The summed E-state index contributed by atoms with van der Waals surface area (Å²) in [4.78, 5) is 9.99. The summed E-state index contributed by atoms with van der Waals surface area (Å²) in [7, 11) is 0. The Balaban J connectivity index is 3.51. The van der Waals surface area contributed by atoms with Gasteiger partial charge in [0.05, 0.1) is 6.21 Å². The highest BCUT2D eigenvalue weighted by molar-refractivity contribution is 5.63. The normalized spacial score (nSPS) is 12.0. The van der Waals surface area contributed by atoms with Crippen molar-refractivity contribution in [1.29, 1.82) is 5.41 Å². The van der Waals surface area contributed by atoms with Gasteiger partial charge in [0.15, 0.2) is 0 Å². The van der Waals surface area contributed by atoms with Crippen LogP contribution in [0.2, 0.25) is 0 Å². The zero-order valence-corrected chi connectivity index (χ0v) is 5.18. The van der Waals surface area contributed by atoms with Gasteiger partial charge in [0.25, 0.3) is 0 Å². The van der Waals surface area contributed by atoms with E-state index in [0.717, 1.165) is 0 Å². The fourth-order valence-electron chi connectivity index (χ4n) is 0.497. The average Bonchev–Trinajstić information content (AvgIpc) is 1.88. The van der Waals surface area contributed by atoms with Crippen molar-refractivity contribution in [2.24, 2.45) is 5.92 Å². The lowest BCUT2D eigenvalue weighted by atomic mass is 10.0. The van der Waals surface area contributed by atoms with E-state index in [4.69, 9.17) is 5.41 Å². The van der Waals surface area contributed by atoms with Crippen LogP contribution < -0.4 is 0 Å². The summed E-state index contributed by atoms with van der Waals surface area (Å²) < 4.78 is 0. The maximum absolute atomic E-state index is 9.99. The van der Waals surface area contributed by atoms with Crippen molar-refractivity contribution < 1.29 is 4.79 Å². The molecule has 0 aliphatic heterocycles. The maximum atomic E-state index is 9.99. The number of hydrogen-bond acceptors (Lipinski definition) is 2. The summed E-state index contributed by atoms with van der Waals surface area (Å²) in [5, 5.41) is 6.55. The van der Waals surface area contributed by atoms with E-state index in [9.17, 15) is 4.79 Å². The van der Waals surface area contributed by atoms with E-state index >= 15 is 0 Å². The first-order chi connectivity index (χ1) is 4.35. The van der Waals surface area contributed by atoms with E-state index in [0.29, 0.717) is 12.8 Å². The second-order valence-corrected chi connectivity index (χ2v) is 1.72. The highest BCUT2D eigenvalue weighted by Crippen LogP contribution is 2.02. The Morgan fingerprint density at radius 1 is 1.78 bits per heavy atom. The first-order valence-electron chi connectivity index (χ1n) is 2.73. The second-order valence-electron chi connectivity index (χ2n) is 1.72. The standard InChI is InChI=1S/C7H9NO/c1-2-3-7(6-9)4-5-8/h2,7-8H,1,3-4H2. The predicted octanol–water partition coefficient (Wildman–Crippen LogP) is 1.21. The van der Waals surface area contributed by atoms with E-state index < -0.39 is 0 Å². The van der Waals surface area contributed by atoms with Crippen LogP contribution in [0.5, 0.6) is 0 Å². The van der Waals surface area contributed by atoms with E-state index in [1.54, 1.807) is 12.4 Å². The van der Waals surface area contributed by atoms with Crippen molar-refractivity contribution in [1.82, 2.24) is 0 Å². The lowest BCUT2D eigenvalue weighted by Crippen LogP contribution is -1.99. The number of nitrogens with one attached hydrogen (secondary N) is 1.